The molecule has 1 aliphatic heterocycles. The van der Waals surface area contributed by atoms with Crippen LogP contribution in [0.15, 0.2) is 28.5 Å². The molecule has 1 N–H and O–H groups in total. The summed E-state index contributed by atoms with van der Waals surface area (Å²) in [6.45, 7) is 10.1. The first kappa shape index (κ1) is 27.3. The zero-order chi connectivity index (χ0) is 23.5. The van der Waals surface area contributed by atoms with Crippen LogP contribution in [-0.2, 0) is 23.7 Å². The predicted octanol–water partition coefficient (Wildman–Crippen LogP) is 5.03. The average molecular weight is 440 g/mol. The van der Waals surface area contributed by atoms with Gasteiger partial charge in [0.25, 0.3) is 0 Å². The van der Waals surface area contributed by atoms with Crippen molar-refractivity contribution in [2.75, 3.05) is 20.8 Å². The molecule has 7 nitrogen and oxygen atoms in total. The quantitative estimate of drug-likeness (QED) is 0.121. The van der Waals surface area contributed by atoms with Crippen LogP contribution in [0.3, 0.4) is 0 Å². The Kier molecular flexibility index (Phi) is 11.5. The fraction of sp³-hybridized carbons (Fsp3) is 0.750. The molecule has 0 saturated carbocycles. The van der Waals surface area contributed by atoms with Gasteiger partial charge in [-0.25, -0.2) is 0 Å². The summed E-state index contributed by atoms with van der Waals surface area (Å²) < 4.78 is 23.6. The molecule has 0 spiro atoms. The zero-order valence-electron chi connectivity index (χ0n) is 20.3. The van der Waals surface area contributed by atoms with E-state index < -0.39 is 11.4 Å². The number of carbonyl (C=O) groups excluding carboxylic acids is 1. The van der Waals surface area contributed by atoms with Gasteiger partial charge < -0.3 is 24.2 Å². The summed E-state index contributed by atoms with van der Waals surface area (Å²) >= 11 is 0. The number of nitrogens with zero attached hydrogens (tertiary/aromatic N) is 1. The van der Waals surface area contributed by atoms with E-state index >= 15 is 0 Å². The molecule has 1 aliphatic rings. The second-order valence-corrected chi connectivity index (χ2v) is 8.80. The topological polar surface area (TPSA) is 86.6 Å². The summed E-state index contributed by atoms with van der Waals surface area (Å²) in [5, 5.41) is 11.7. The number of methoxy groups -OCH3 is 2. The maximum atomic E-state index is 11.6. The lowest BCUT2D eigenvalue weighted by Gasteiger charge is -2.45. The van der Waals surface area contributed by atoms with Gasteiger partial charge in [-0.2, -0.15) is 0 Å². The lowest BCUT2D eigenvalue weighted by Crippen LogP contribution is -2.55. The molecule has 0 aliphatic carbocycles. The van der Waals surface area contributed by atoms with Crippen molar-refractivity contribution in [2.24, 2.45) is 11.1 Å². The molecular formula is C24H41NO6. The minimum absolute atomic E-state index is 0.142. The number of hydrogen-bond donors (Lipinski definition) is 1. The van der Waals surface area contributed by atoms with Crippen molar-refractivity contribution < 1.29 is 28.9 Å². The number of ether oxygens (including phenoxy) is 4. The summed E-state index contributed by atoms with van der Waals surface area (Å²) in [6, 6.07) is 0. The molecule has 1 heterocycles. The van der Waals surface area contributed by atoms with Crippen LogP contribution in [0.25, 0.3) is 0 Å². The van der Waals surface area contributed by atoms with Crippen LogP contribution in [0.1, 0.15) is 73.1 Å². The van der Waals surface area contributed by atoms with E-state index in [1.165, 1.54) is 18.7 Å². The van der Waals surface area contributed by atoms with Gasteiger partial charge in [0, 0.05) is 34.0 Å². The molecule has 0 bridgehead atoms. The highest BCUT2D eigenvalue weighted by Gasteiger charge is 2.51. The molecule has 0 aromatic rings. The monoisotopic (exact) mass is 439 g/mol. The largest absolute Gasteiger partial charge is 0.462 e. The third-order valence-electron chi connectivity index (χ3n) is 6.22. The molecule has 0 aromatic heterocycles. The van der Waals surface area contributed by atoms with E-state index in [2.05, 4.69) is 18.2 Å². The van der Waals surface area contributed by atoms with E-state index in [0.717, 1.165) is 37.7 Å². The van der Waals surface area contributed by atoms with Gasteiger partial charge in [-0.1, -0.05) is 23.7 Å². The summed E-state index contributed by atoms with van der Waals surface area (Å²) in [7, 11) is 3.29. The highest BCUT2D eigenvalue weighted by molar-refractivity contribution is 5.71. The minimum Gasteiger partial charge on any atom is -0.462 e. The van der Waals surface area contributed by atoms with E-state index in [9.17, 15) is 4.79 Å². The van der Waals surface area contributed by atoms with Gasteiger partial charge in [-0.15, -0.1) is 0 Å². The highest BCUT2D eigenvalue weighted by Crippen LogP contribution is 2.42. The Morgan fingerprint density at radius 2 is 1.97 bits per heavy atom. The SMILES string of the molecule is COC1(OC)CC/C(=C\C=N\O)CO[C@@]1(C)CCCC(C)C(CC=C(C)C)OC(C)=O. The Morgan fingerprint density at radius 1 is 1.29 bits per heavy atom. The number of hydrogen-bond acceptors (Lipinski definition) is 7. The lowest BCUT2D eigenvalue weighted by atomic mass is 9.84. The molecular weight excluding hydrogens is 398 g/mol. The maximum Gasteiger partial charge on any atom is 0.302 e. The van der Waals surface area contributed by atoms with E-state index in [0.29, 0.717) is 13.0 Å². The van der Waals surface area contributed by atoms with Crippen LogP contribution < -0.4 is 0 Å². The summed E-state index contributed by atoms with van der Waals surface area (Å²) in [5.74, 6) is -0.911. The third kappa shape index (κ3) is 8.05. The average Bonchev–Trinajstić information content (AvgIpc) is 2.86. The molecule has 0 aromatic carbocycles. The van der Waals surface area contributed by atoms with E-state index in [-0.39, 0.29) is 18.0 Å². The van der Waals surface area contributed by atoms with Crippen molar-refractivity contribution in [1.82, 2.24) is 0 Å². The Morgan fingerprint density at radius 3 is 2.52 bits per heavy atom. The first-order chi connectivity index (χ1) is 14.6. The van der Waals surface area contributed by atoms with Gasteiger partial charge in [0.2, 0.25) is 0 Å². The second kappa shape index (κ2) is 13.0. The Hall–Kier alpha value is -1.70. The fourth-order valence-electron chi connectivity index (χ4n) is 4.18. The smallest absolute Gasteiger partial charge is 0.302 e. The summed E-state index contributed by atoms with van der Waals surface area (Å²) in [6.07, 6.45) is 9.65. The Balaban J connectivity index is 2.88. The molecule has 1 rings (SSSR count). The normalized spacial score (nSPS) is 24.5. The molecule has 3 atom stereocenters. The molecule has 178 valence electrons. The summed E-state index contributed by atoms with van der Waals surface area (Å²) in [4.78, 5) is 11.6. The number of rotatable bonds is 11. The van der Waals surface area contributed by atoms with Crippen molar-refractivity contribution in [2.45, 2.75) is 90.6 Å². The maximum absolute atomic E-state index is 11.6. The van der Waals surface area contributed by atoms with Crippen LogP contribution in [0.4, 0.5) is 0 Å². The minimum atomic E-state index is -0.875. The van der Waals surface area contributed by atoms with Crippen molar-refractivity contribution in [3.8, 4) is 0 Å². The van der Waals surface area contributed by atoms with Crippen LogP contribution in [0.2, 0.25) is 0 Å². The molecule has 7 heteroatoms. The number of allylic oxidation sites excluding steroid dienone is 2. The van der Waals surface area contributed by atoms with E-state index in [4.69, 9.17) is 24.2 Å². The summed E-state index contributed by atoms with van der Waals surface area (Å²) in [5.41, 5.74) is 1.58. The predicted molar refractivity (Wildman–Crippen MR) is 121 cm³/mol. The van der Waals surface area contributed by atoms with Crippen molar-refractivity contribution >= 4 is 12.2 Å². The number of carbonyl (C=O) groups is 1. The van der Waals surface area contributed by atoms with Crippen LogP contribution >= 0.6 is 0 Å². The second-order valence-electron chi connectivity index (χ2n) is 8.80. The van der Waals surface area contributed by atoms with E-state index in [1.807, 2.05) is 20.8 Å². The van der Waals surface area contributed by atoms with Gasteiger partial charge in [-0.3, -0.25) is 4.79 Å². The van der Waals surface area contributed by atoms with Crippen molar-refractivity contribution in [3.05, 3.63) is 23.3 Å². The van der Waals surface area contributed by atoms with Crippen LogP contribution in [0, 0.1) is 5.92 Å². The lowest BCUT2D eigenvalue weighted by molar-refractivity contribution is -0.307. The van der Waals surface area contributed by atoms with Crippen molar-refractivity contribution in [1.29, 1.82) is 0 Å². The standard InChI is InChI=1S/C24H41NO6/c1-18(2)10-11-22(31-20(4)26)19(3)9-8-14-23(5)24(28-6,29-7)15-12-21(17-30-23)13-16-25-27/h10,13,16,19,22,27H,8-9,11-12,14-15,17H2,1-7H3/b21-13+,25-16+/t19?,22?,23-/m0/s1. The van der Waals surface area contributed by atoms with Gasteiger partial charge in [0.15, 0.2) is 5.79 Å². The molecule has 1 fully saturated rings. The van der Waals surface area contributed by atoms with Crippen molar-refractivity contribution in [3.63, 3.8) is 0 Å². The molecule has 31 heavy (non-hydrogen) atoms. The van der Waals surface area contributed by atoms with Gasteiger partial charge in [0.05, 0.1) is 12.8 Å². The first-order valence-corrected chi connectivity index (χ1v) is 11.0. The third-order valence-corrected chi connectivity index (χ3v) is 6.22. The first-order valence-electron chi connectivity index (χ1n) is 11.0. The van der Waals surface area contributed by atoms with Gasteiger partial charge in [0.1, 0.15) is 11.7 Å². The van der Waals surface area contributed by atoms with Crippen LogP contribution in [-0.4, -0.2) is 55.7 Å². The zero-order valence-corrected chi connectivity index (χ0v) is 20.3. The van der Waals surface area contributed by atoms with Gasteiger partial charge in [-0.05, 0) is 64.0 Å². The molecule has 0 amide bonds. The highest BCUT2D eigenvalue weighted by atomic mass is 16.7. The molecule has 0 radical (unpaired) electrons. The Bertz CT molecular complexity index is 648. The molecule has 1 saturated heterocycles. The molecule has 2 unspecified atom stereocenters. The number of esters is 1. The van der Waals surface area contributed by atoms with E-state index in [1.54, 1.807) is 20.3 Å². The fourth-order valence-corrected chi connectivity index (χ4v) is 4.18. The Labute approximate surface area is 187 Å². The van der Waals surface area contributed by atoms with Gasteiger partial charge >= 0.3 is 5.97 Å². The number of oxime groups is 1. The van der Waals surface area contributed by atoms with Crippen LogP contribution in [0.5, 0.6) is 0 Å².